The van der Waals surface area contributed by atoms with Gasteiger partial charge in [-0.15, -0.1) is 0 Å². The predicted octanol–water partition coefficient (Wildman–Crippen LogP) is 1.24. The van der Waals surface area contributed by atoms with Crippen molar-refractivity contribution in [2.45, 2.75) is 46.2 Å². The van der Waals surface area contributed by atoms with E-state index < -0.39 is 0 Å². The van der Waals surface area contributed by atoms with Crippen molar-refractivity contribution in [2.75, 3.05) is 13.1 Å². The summed E-state index contributed by atoms with van der Waals surface area (Å²) in [6, 6.07) is 0.998. The van der Waals surface area contributed by atoms with Gasteiger partial charge in [0.25, 0.3) is 0 Å². The fourth-order valence-corrected chi connectivity index (χ4v) is 2.12. The zero-order valence-electron chi connectivity index (χ0n) is 9.71. The van der Waals surface area contributed by atoms with E-state index in [-0.39, 0.29) is 5.91 Å². The van der Waals surface area contributed by atoms with Crippen LogP contribution in [0.2, 0.25) is 0 Å². The van der Waals surface area contributed by atoms with Crippen LogP contribution in [0.15, 0.2) is 0 Å². The number of carbonyl (C=O) groups is 1. The highest BCUT2D eigenvalue weighted by atomic mass is 16.1. The number of hydrogen-bond acceptors (Lipinski definition) is 2. The van der Waals surface area contributed by atoms with Gasteiger partial charge in [-0.05, 0) is 26.2 Å². The molecule has 0 spiro atoms. The van der Waals surface area contributed by atoms with Crippen LogP contribution < -0.4 is 5.32 Å². The minimum Gasteiger partial charge on any atom is -0.353 e. The second-order valence-corrected chi connectivity index (χ2v) is 4.66. The van der Waals surface area contributed by atoms with Crippen LogP contribution in [0.3, 0.4) is 0 Å². The van der Waals surface area contributed by atoms with Crippen LogP contribution >= 0.6 is 0 Å². The van der Waals surface area contributed by atoms with Crippen molar-refractivity contribution < 1.29 is 4.79 Å². The average Bonchev–Trinajstić information content (AvgIpc) is 2.07. The first-order valence-corrected chi connectivity index (χ1v) is 5.52. The van der Waals surface area contributed by atoms with E-state index in [2.05, 4.69) is 31.0 Å². The van der Waals surface area contributed by atoms with E-state index in [0.29, 0.717) is 18.0 Å². The summed E-state index contributed by atoms with van der Waals surface area (Å²) in [7, 11) is 0. The lowest BCUT2D eigenvalue weighted by molar-refractivity contribution is -0.120. The molecule has 14 heavy (non-hydrogen) atoms. The van der Waals surface area contributed by atoms with Crippen LogP contribution in [0.4, 0.5) is 0 Å². The first-order valence-electron chi connectivity index (χ1n) is 5.52. The second-order valence-electron chi connectivity index (χ2n) is 4.66. The minimum absolute atomic E-state index is 0.0971. The van der Waals surface area contributed by atoms with Gasteiger partial charge in [0.15, 0.2) is 0 Å². The van der Waals surface area contributed by atoms with Gasteiger partial charge in [-0.3, -0.25) is 4.79 Å². The lowest BCUT2D eigenvalue weighted by atomic mass is 9.93. The van der Waals surface area contributed by atoms with Crippen LogP contribution in [0.5, 0.6) is 0 Å². The Hall–Kier alpha value is -0.570. The lowest BCUT2D eigenvalue weighted by Crippen LogP contribution is -2.51. The number of rotatable bonds is 2. The highest BCUT2D eigenvalue weighted by molar-refractivity contribution is 5.73. The van der Waals surface area contributed by atoms with Crippen molar-refractivity contribution in [1.82, 2.24) is 10.2 Å². The Bertz CT molecular complexity index is 203. The van der Waals surface area contributed by atoms with Crippen LogP contribution in [-0.4, -0.2) is 36.0 Å². The van der Waals surface area contributed by atoms with Gasteiger partial charge in [-0.2, -0.15) is 0 Å². The summed E-state index contributed by atoms with van der Waals surface area (Å²) in [5.74, 6) is 0.662. The van der Waals surface area contributed by atoms with Gasteiger partial charge in [0.2, 0.25) is 5.91 Å². The Kier molecular flexibility index (Phi) is 3.93. The molecule has 1 aliphatic heterocycles. The Morgan fingerprint density at radius 1 is 1.50 bits per heavy atom. The summed E-state index contributed by atoms with van der Waals surface area (Å²) in [4.78, 5) is 13.4. The van der Waals surface area contributed by atoms with Gasteiger partial charge in [0, 0.05) is 32.1 Å². The first-order chi connectivity index (χ1) is 6.50. The van der Waals surface area contributed by atoms with Crippen molar-refractivity contribution in [3.05, 3.63) is 0 Å². The third kappa shape index (κ3) is 2.98. The fourth-order valence-electron chi connectivity index (χ4n) is 2.12. The molecule has 1 amide bonds. The van der Waals surface area contributed by atoms with Crippen molar-refractivity contribution in [3.63, 3.8) is 0 Å². The maximum atomic E-state index is 10.9. The molecule has 1 aliphatic rings. The van der Waals surface area contributed by atoms with Crippen molar-refractivity contribution >= 4 is 5.91 Å². The molecule has 0 unspecified atom stereocenters. The number of piperidine rings is 1. The third-order valence-electron chi connectivity index (χ3n) is 3.06. The third-order valence-corrected chi connectivity index (χ3v) is 3.06. The highest BCUT2D eigenvalue weighted by Crippen LogP contribution is 2.18. The molecule has 0 aliphatic carbocycles. The molecule has 1 saturated heterocycles. The maximum absolute atomic E-state index is 10.9. The molecule has 0 saturated carbocycles. The Balaban J connectivity index is 2.43. The molecule has 82 valence electrons. The zero-order valence-corrected chi connectivity index (χ0v) is 9.71. The van der Waals surface area contributed by atoms with Crippen molar-refractivity contribution in [1.29, 1.82) is 0 Å². The maximum Gasteiger partial charge on any atom is 0.217 e. The Labute approximate surface area is 86.9 Å². The standard InChI is InChI=1S/C11H22N2O/c1-8(2)13-6-5-11(9(3)7-13)12-10(4)14/h8-9,11H,5-7H2,1-4H3,(H,12,14)/t9-,11-/m1/s1. The summed E-state index contributed by atoms with van der Waals surface area (Å²) in [6.45, 7) is 10.5. The van der Waals surface area contributed by atoms with Gasteiger partial charge in [-0.25, -0.2) is 0 Å². The number of amides is 1. The van der Waals surface area contributed by atoms with Crippen LogP contribution in [0, 0.1) is 5.92 Å². The molecule has 1 fully saturated rings. The first kappa shape index (κ1) is 11.5. The predicted molar refractivity (Wildman–Crippen MR) is 58.1 cm³/mol. The van der Waals surface area contributed by atoms with E-state index in [1.165, 1.54) is 0 Å². The molecule has 3 heteroatoms. The molecule has 1 N–H and O–H groups in total. The van der Waals surface area contributed by atoms with Gasteiger partial charge in [0.05, 0.1) is 0 Å². The molecule has 0 radical (unpaired) electrons. The number of nitrogens with zero attached hydrogens (tertiary/aromatic N) is 1. The largest absolute Gasteiger partial charge is 0.353 e. The quantitative estimate of drug-likeness (QED) is 0.724. The number of nitrogens with one attached hydrogen (secondary N) is 1. The van der Waals surface area contributed by atoms with Gasteiger partial charge in [0.1, 0.15) is 0 Å². The monoisotopic (exact) mass is 198 g/mol. The molecule has 1 heterocycles. The number of carbonyl (C=O) groups excluding carboxylic acids is 1. The highest BCUT2D eigenvalue weighted by Gasteiger charge is 2.27. The Morgan fingerprint density at radius 3 is 2.57 bits per heavy atom. The van der Waals surface area contributed by atoms with Crippen LogP contribution in [0.25, 0.3) is 0 Å². The number of likely N-dealkylation sites (tertiary alicyclic amines) is 1. The van der Waals surface area contributed by atoms with E-state index in [9.17, 15) is 4.79 Å². The van der Waals surface area contributed by atoms with Gasteiger partial charge < -0.3 is 10.2 Å². The van der Waals surface area contributed by atoms with E-state index in [1.807, 2.05) is 0 Å². The summed E-state index contributed by atoms with van der Waals surface area (Å²) in [6.07, 6.45) is 1.08. The topological polar surface area (TPSA) is 32.3 Å². The van der Waals surface area contributed by atoms with Crippen molar-refractivity contribution in [3.8, 4) is 0 Å². The second kappa shape index (κ2) is 4.78. The average molecular weight is 198 g/mol. The van der Waals surface area contributed by atoms with E-state index >= 15 is 0 Å². The van der Waals surface area contributed by atoms with Gasteiger partial charge in [-0.1, -0.05) is 6.92 Å². The smallest absolute Gasteiger partial charge is 0.217 e. The molecule has 0 aromatic carbocycles. The molecule has 1 rings (SSSR count). The van der Waals surface area contributed by atoms with Gasteiger partial charge >= 0.3 is 0 Å². The summed E-state index contributed by atoms with van der Waals surface area (Å²) < 4.78 is 0. The molecule has 0 bridgehead atoms. The molecular formula is C11H22N2O. The molecular weight excluding hydrogens is 176 g/mol. The van der Waals surface area contributed by atoms with E-state index in [0.717, 1.165) is 19.5 Å². The molecule has 0 aromatic heterocycles. The zero-order chi connectivity index (χ0) is 10.7. The fraction of sp³-hybridized carbons (Fsp3) is 0.909. The summed E-state index contributed by atoms with van der Waals surface area (Å²) in [5.41, 5.74) is 0. The van der Waals surface area contributed by atoms with Crippen LogP contribution in [-0.2, 0) is 4.79 Å². The Morgan fingerprint density at radius 2 is 2.14 bits per heavy atom. The summed E-state index contributed by atoms with van der Waals surface area (Å²) in [5, 5.41) is 3.03. The molecule has 0 aromatic rings. The van der Waals surface area contributed by atoms with Crippen LogP contribution in [0.1, 0.15) is 34.1 Å². The SMILES string of the molecule is CC(=O)N[C@@H]1CCN(C(C)C)C[C@H]1C. The normalized spacial score (nSPS) is 29.2. The number of hydrogen-bond donors (Lipinski definition) is 1. The van der Waals surface area contributed by atoms with E-state index in [4.69, 9.17) is 0 Å². The van der Waals surface area contributed by atoms with E-state index in [1.54, 1.807) is 6.92 Å². The van der Waals surface area contributed by atoms with Crippen molar-refractivity contribution in [2.24, 2.45) is 5.92 Å². The minimum atomic E-state index is 0.0971. The summed E-state index contributed by atoms with van der Waals surface area (Å²) >= 11 is 0. The lowest BCUT2D eigenvalue weighted by Gasteiger charge is -2.39. The molecule has 3 nitrogen and oxygen atoms in total. The molecule has 2 atom stereocenters.